The van der Waals surface area contributed by atoms with Crippen molar-refractivity contribution in [1.29, 1.82) is 5.53 Å². The summed E-state index contributed by atoms with van der Waals surface area (Å²) in [5.41, 5.74) is 7.47. The van der Waals surface area contributed by atoms with Gasteiger partial charge in [0.2, 0.25) is 0 Å². The Bertz CT molecular complexity index is 735. The van der Waals surface area contributed by atoms with Crippen LogP contribution in [0.3, 0.4) is 0 Å². The molecule has 0 aliphatic carbocycles. The van der Waals surface area contributed by atoms with Crippen molar-refractivity contribution in [3.05, 3.63) is 48.5 Å². The average Bonchev–Trinajstić information content (AvgIpc) is 2.38. The van der Waals surface area contributed by atoms with Crippen molar-refractivity contribution in [1.82, 2.24) is 0 Å². The first-order valence-corrected chi connectivity index (χ1v) is 5.32. The minimum Gasteiger partial charge on any atom is -0.506 e. The van der Waals surface area contributed by atoms with Crippen molar-refractivity contribution >= 4 is 27.2 Å². The van der Waals surface area contributed by atoms with E-state index < -0.39 is 0 Å². The van der Waals surface area contributed by atoms with Crippen molar-refractivity contribution in [2.24, 2.45) is 5.11 Å². The summed E-state index contributed by atoms with van der Waals surface area (Å²) in [4.78, 5) is 0. The molecule has 0 aliphatic heterocycles. The lowest BCUT2D eigenvalue weighted by Gasteiger charge is -2.06. The minimum absolute atomic E-state index is 0.0442. The predicted octanol–water partition coefficient (Wildman–Crippen LogP) is 4.36. The van der Waals surface area contributed by atoms with Crippen LogP contribution in [-0.2, 0) is 0 Å². The smallest absolute Gasteiger partial charge is 0.143 e. The highest BCUT2D eigenvalue weighted by atomic mass is 16.3. The van der Waals surface area contributed by atoms with Gasteiger partial charge in [0.05, 0.1) is 0 Å². The van der Waals surface area contributed by atoms with Gasteiger partial charge in [0.25, 0.3) is 0 Å². The zero-order valence-corrected chi connectivity index (χ0v) is 9.01. The molecule has 3 aromatic carbocycles. The molecular weight excluding hydrogens is 212 g/mol. The second-order valence-electron chi connectivity index (χ2n) is 3.93. The van der Waals surface area contributed by atoms with E-state index in [1.54, 1.807) is 6.07 Å². The standard InChI is InChI=1S/C14H10N2O/c15-16-14-12-6-5-9-3-1-2-4-10(9)11(12)7-8-13(14)17/h1-8,15,17H. The van der Waals surface area contributed by atoms with E-state index in [4.69, 9.17) is 5.53 Å². The largest absolute Gasteiger partial charge is 0.506 e. The fraction of sp³-hybridized carbons (Fsp3) is 0. The Morgan fingerprint density at radius 3 is 2.41 bits per heavy atom. The lowest BCUT2D eigenvalue weighted by atomic mass is 10.0. The van der Waals surface area contributed by atoms with Gasteiger partial charge in [-0.25, -0.2) is 5.53 Å². The van der Waals surface area contributed by atoms with Crippen LogP contribution in [0.5, 0.6) is 5.75 Å². The van der Waals surface area contributed by atoms with E-state index in [0.717, 1.165) is 21.5 Å². The molecule has 0 aliphatic rings. The van der Waals surface area contributed by atoms with Crippen LogP contribution in [0.1, 0.15) is 0 Å². The summed E-state index contributed by atoms with van der Waals surface area (Å²) in [6, 6.07) is 15.4. The SMILES string of the molecule is N=Nc1c(O)ccc2c1ccc1ccccc12. The van der Waals surface area contributed by atoms with Crippen LogP contribution in [0.2, 0.25) is 0 Å². The summed E-state index contributed by atoms with van der Waals surface area (Å²) in [6.45, 7) is 0. The van der Waals surface area contributed by atoms with Gasteiger partial charge in [0, 0.05) is 5.39 Å². The fourth-order valence-electron chi connectivity index (χ4n) is 2.18. The molecule has 0 aromatic heterocycles. The van der Waals surface area contributed by atoms with Crippen molar-refractivity contribution in [2.45, 2.75) is 0 Å². The van der Waals surface area contributed by atoms with Gasteiger partial charge in [-0.1, -0.05) is 36.4 Å². The van der Waals surface area contributed by atoms with E-state index in [1.165, 1.54) is 0 Å². The summed E-state index contributed by atoms with van der Waals surface area (Å²) in [6.07, 6.45) is 0. The molecule has 0 radical (unpaired) electrons. The van der Waals surface area contributed by atoms with E-state index in [0.29, 0.717) is 5.69 Å². The van der Waals surface area contributed by atoms with E-state index in [-0.39, 0.29) is 5.75 Å². The van der Waals surface area contributed by atoms with Gasteiger partial charge in [-0.2, -0.15) is 5.11 Å². The minimum atomic E-state index is 0.0442. The first-order chi connectivity index (χ1) is 8.31. The Hall–Kier alpha value is -2.42. The molecule has 17 heavy (non-hydrogen) atoms. The van der Waals surface area contributed by atoms with Crippen LogP contribution in [0, 0.1) is 5.53 Å². The number of aromatic hydroxyl groups is 1. The van der Waals surface area contributed by atoms with Crippen molar-refractivity contribution < 1.29 is 5.11 Å². The van der Waals surface area contributed by atoms with Gasteiger partial charge in [-0.05, 0) is 28.3 Å². The summed E-state index contributed by atoms with van der Waals surface area (Å²) in [5, 5.41) is 17.1. The van der Waals surface area contributed by atoms with Crippen LogP contribution in [0.4, 0.5) is 5.69 Å². The number of fused-ring (bicyclic) bond motifs is 3. The van der Waals surface area contributed by atoms with Gasteiger partial charge in [-0.15, -0.1) is 0 Å². The molecule has 0 heterocycles. The van der Waals surface area contributed by atoms with Crippen LogP contribution in [-0.4, -0.2) is 5.11 Å². The average molecular weight is 222 g/mol. The van der Waals surface area contributed by atoms with Crippen molar-refractivity contribution in [2.75, 3.05) is 0 Å². The van der Waals surface area contributed by atoms with Crippen LogP contribution >= 0.6 is 0 Å². The highest BCUT2D eigenvalue weighted by Crippen LogP contribution is 2.37. The number of phenols is 1. The van der Waals surface area contributed by atoms with Gasteiger partial charge >= 0.3 is 0 Å². The molecule has 3 nitrogen and oxygen atoms in total. The molecule has 2 N–H and O–H groups in total. The van der Waals surface area contributed by atoms with E-state index >= 15 is 0 Å². The summed E-state index contributed by atoms with van der Waals surface area (Å²) in [7, 11) is 0. The Morgan fingerprint density at radius 2 is 1.59 bits per heavy atom. The lowest BCUT2D eigenvalue weighted by Crippen LogP contribution is -1.78. The molecule has 3 rings (SSSR count). The molecule has 82 valence electrons. The maximum Gasteiger partial charge on any atom is 0.143 e. The predicted molar refractivity (Wildman–Crippen MR) is 67.9 cm³/mol. The van der Waals surface area contributed by atoms with Crippen LogP contribution in [0.25, 0.3) is 21.5 Å². The van der Waals surface area contributed by atoms with Gasteiger partial charge < -0.3 is 5.11 Å². The number of rotatable bonds is 1. The third-order valence-electron chi connectivity index (χ3n) is 2.99. The van der Waals surface area contributed by atoms with E-state index in [2.05, 4.69) is 5.11 Å². The zero-order chi connectivity index (χ0) is 11.8. The second kappa shape index (κ2) is 3.56. The maximum atomic E-state index is 9.67. The Morgan fingerprint density at radius 1 is 0.824 bits per heavy atom. The van der Waals surface area contributed by atoms with Gasteiger partial charge in [0.1, 0.15) is 11.4 Å². The van der Waals surface area contributed by atoms with Crippen molar-refractivity contribution in [3.63, 3.8) is 0 Å². The van der Waals surface area contributed by atoms with Crippen LogP contribution in [0.15, 0.2) is 53.6 Å². The molecule has 0 spiro atoms. The summed E-state index contributed by atoms with van der Waals surface area (Å²) in [5.74, 6) is 0.0442. The third kappa shape index (κ3) is 1.36. The molecule has 0 fully saturated rings. The Balaban J connectivity index is 2.57. The normalized spacial score (nSPS) is 10.8. The van der Waals surface area contributed by atoms with E-state index in [1.807, 2.05) is 42.5 Å². The maximum absolute atomic E-state index is 9.67. The number of benzene rings is 3. The third-order valence-corrected chi connectivity index (χ3v) is 2.99. The summed E-state index contributed by atoms with van der Waals surface area (Å²) >= 11 is 0. The Kier molecular flexibility index (Phi) is 2.05. The van der Waals surface area contributed by atoms with Crippen LogP contribution < -0.4 is 0 Å². The number of hydrogen-bond donors (Lipinski definition) is 2. The van der Waals surface area contributed by atoms with E-state index in [9.17, 15) is 5.11 Å². The number of nitrogens with zero attached hydrogens (tertiary/aromatic N) is 1. The molecule has 0 unspecified atom stereocenters. The molecule has 3 aromatic rings. The fourth-order valence-corrected chi connectivity index (χ4v) is 2.18. The number of nitrogens with one attached hydrogen (secondary N) is 1. The molecule has 0 amide bonds. The van der Waals surface area contributed by atoms with Gasteiger partial charge in [0.15, 0.2) is 0 Å². The lowest BCUT2D eigenvalue weighted by molar-refractivity contribution is 0.477. The molecule has 3 heteroatoms. The van der Waals surface area contributed by atoms with Crippen molar-refractivity contribution in [3.8, 4) is 5.75 Å². The molecule has 0 saturated carbocycles. The molecule has 0 bridgehead atoms. The Labute approximate surface area is 97.8 Å². The molecule has 0 atom stereocenters. The highest BCUT2D eigenvalue weighted by Gasteiger charge is 2.08. The summed E-state index contributed by atoms with van der Waals surface area (Å²) < 4.78 is 0. The number of hydrogen-bond acceptors (Lipinski definition) is 3. The first-order valence-electron chi connectivity index (χ1n) is 5.32. The molecule has 0 saturated heterocycles. The second-order valence-corrected chi connectivity index (χ2v) is 3.93. The topological polar surface area (TPSA) is 56.4 Å². The van der Waals surface area contributed by atoms with Gasteiger partial charge in [-0.3, -0.25) is 0 Å². The quantitative estimate of drug-likeness (QED) is 0.466. The molecular formula is C14H10N2O. The number of phenolic OH excluding ortho intramolecular Hbond substituents is 1. The monoisotopic (exact) mass is 222 g/mol. The zero-order valence-electron chi connectivity index (χ0n) is 9.01. The first kappa shape index (κ1) is 9.78. The highest BCUT2D eigenvalue weighted by molar-refractivity contribution is 6.11.